The number of amides is 1. The number of rotatable bonds is 5. The van der Waals surface area contributed by atoms with Crippen LogP contribution in [0.25, 0.3) is 0 Å². The molecule has 2 aliphatic rings. The summed E-state index contributed by atoms with van der Waals surface area (Å²) in [7, 11) is 1.91. The number of carbonyl (C=O) groups is 1. The molecular formula is C16H27ClN4O2. The topological polar surface area (TPSA) is 68.2 Å². The molecule has 2 N–H and O–H groups in total. The summed E-state index contributed by atoms with van der Waals surface area (Å²) in [5, 5.41) is 10.7. The van der Waals surface area contributed by atoms with Crippen LogP contribution in [0.4, 0.5) is 0 Å². The Hall–Kier alpha value is -1.11. The van der Waals surface area contributed by atoms with Crippen LogP contribution in [-0.2, 0) is 16.6 Å². The molecule has 0 bridgehead atoms. The predicted octanol–water partition coefficient (Wildman–Crippen LogP) is 1.22. The van der Waals surface area contributed by atoms with Crippen molar-refractivity contribution in [2.45, 2.75) is 44.2 Å². The molecule has 0 radical (unpaired) electrons. The van der Waals surface area contributed by atoms with Gasteiger partial charge in [-0.15, -0.1) is 12.4 Å². The van der Waals surface area contributed by atoms with Gasteiger partial charge in [0, 0.05) is 44.9 Å². The summed E-state index contributed by atoms with van der Waals surface area (Å²) in [6.07, 6.45) is 7.35. The Balaban J connectivity index is 0.00000192. The molecule has 2 unspecified atom stereocenters. The van der Waals surface area contributed by atoms with Gasteiger partial charge in [0.05, 0.1) is 18.2 Å². The van der Waals surface area contributed by atoms with Crippen molar-refractivity contribution in [3.8, 4) is 0 Å². The van der Waals surface area contributed by atoms with Crippen LogP contribution < -0.4 is 10.6 Å². The van der Waals surface area contributed by atoms with Crippen LogP contribution >= 0.6 is 12.4 Å². The highest BCUT2D eigenvalue weighted by molar-refractivity contribution is 5.85. The first-order valence-corrected chi connectivity index (χ1v) is 8.24. The number of nitrogens with zero attached hydrogens (tertiary/aromatic N) is 2. The first-order valence-electron chi connectivity index (χ1n) is 8.24. The van der Waals surface area contributed by atoms with E-state index in [0.717, 1.165) is 44.5 Å². The molecule has 0 saturated carbocycles. The van der Waals surface area contributed by atoms with Crippen LogP contribution in [0.15, 0.2) is 12.4 Å². The molecular weight excluding hydrogens is 316 g/mol. The van der Waals surface area contributed by atoms with Gasteiger partial charge in [-0.25, -0.2) is 0 Å². The van der Waals surface area contributed by atoms with E-state index in [1.54, 1.807) is 4.68 Å². The fourth-order valence-electron chi connectivity index (χ4n) is 3.57. The molecule has 3 heterocycles. The molecule has 7 heteroatoms. The van der Waals surface area contributed by atoms with Gasteiger partial charge in [-0.2, -0.15) is 5.10 Å². The molecule has 0 aliphatic carbocycles. The maximum atomic E-state index is 12.6. The van der Waals surface area contributed by atoms with Gasteiger partial charge in [-0.05, 0) is 31.7 Å². The number of ether oxygens (including phenoxy) is 1. The molecule has 2 aliphatic heterocycles. The van der Waals surface area contributed by atoms with Gasteiger partial charge in [-0.1, -0.05) is 0 Å². The third-order valence-corrected chi connectivity index (χ3v) is 4.73. The lowest BCUT2D eigenvalue weighted by molar-refractivity contribution is -0.125. The summed E-state index contributed by atoms with van der Waals surface area (Å²) in [5.41, 5.74) is 1.14. The molecule has 130 valence electrons. The van der Waals surface area contributed by atoms with Crippen LogP contribution in [0.2, 0.25) is 0 Å². The Bertz CT molecular complexity index is 516. The van der Waals surface area contributed by atoms with E-state index in [0.29, 0.717) is 6.10 Å². The quantitative estimate of drug-likeness (QED) is 0.844. The summed E-state index contributed by atoms with van der Waals surface area (Å²) in [5.74, 6) is 0.337. The number of nitrogens with one attached hydrogen (secondary N) is 2. The first kappa shape index (κ1) is 18.2. The van der Waals surface area contributed by atoms with Gasteiger partial charge in [0.1, 0.15) is 0 Å². The van der Waals surface area contributed by atoms with Crippen molar-refractivity contribution in [1.29, 1.82) is 0 Å². The molecule has 2 saturated heterocycles. The number of hydrogen-bond acceptors (Lipinski definition) is 4. The molecule has 1 aromatic rings. The lowest BCUT2D eigenvalue weighted by Crippen LogP contribution is -2.41. The van der Waals surface area contributed by atoms with Crippen molar-refractivity contribution in [2.75, 3.05) is 19.7 Å². The fourth-order valence-corrected chi connectivity index (χ4v) is 3.57. The van der Waals surface area contributed by atoms with Gasteiger partial charge < -0.3 is 15.4 Å². The van der Waals surface area contributed by atoms with Crippen molar-refractivity contribution in [1.82, 2.24) is 20.4 Å². The van der Waals surface area contributed by atoms with E-state index in [1.807, 2.05) is 19.4 Å². The Kier molecular flexibility index (Phi) is 6.44. The highest BCUT2D eigenvalue weighted by atomic mass is 35.5. The monoisotopic (exact) mass is 342 g/mol. The van der Waals surface area contributed by atoms with Crippen molar-refractivity contribution < 1.29 is 9.53 Å². The number of aryl methyl sites for hydroxylation is 1. The van der Waals surface area contributed by atoms with E-state index in [1.165, 1.54) is 0 Å². The molecule has 3 rings (SSSR count). The molecule has 2 fully saturated rings. The number of aromatic nitrogens is 2. The lowest BCUT2D eigenvalue weighted by atomic mass is 9.90. The minimum Gasteiger partial charge on any atom is -0.378 e. The molecule has 1 aromatic heterocycles. The standard InChI is InChI=1S/C16H26N4O2.ClH/c1-11(6-13-4-3-5-22-13)19-16(21)15-9-17-8-14(15)12-7-18-20(2)10-12;/h7,10-11,13-15,17H,3-6,8-9H2,1-2H3,(H,19,21);1H/t11?,13?,14-,15+;/m1./s1. The zero-order chi connectivity index (χ0) is 15.5. The second-order valence-corrected chi connectivity index (χ2v) is 6.60. The van der Waals surface area contributed by atoms with Crippen molar-refractivity contribution in [2.24, 2.45) is 13.0 Å². The average Bonchev–Trinajstić information content (AvgIpc) is 3.17. The maximum Gasteiger partial charge on any atom is 0.225 e. The van der Waals surface area contributed by atoms with Crippen LogP contribution in [-0.4, -0.2) is 47.5 Å². The molecule has 0 aromatic carbocycles. The summed E-state index contributed by atoms with van der Waals surface area (Å²) in [6, 6.07) is 0.158. The fraction of sp³-hybridized carbons (Fsp3) is 0.750. The third kappa shape index (κ3) is 4.46. The second kappa shape index (κ2) is 8.13. The van der Waals surface area contributed by atoms with E-state index < -0.39 is 0 Å². The SMILES string of the molecule is CC(CC1CCCO1)NC(=O)[C@H]1CNC[C@@H]1c1cnn(C)c1.Cl. The number of halogens is 1. The van der Waals surface area contributed by atoms with Crippen molar-refractivity contribution in [3.63, 3.8) is 0 Å². The van der Waals surface area contributed by atoms with E-state index in [-0.39, 0.29) is 36.2 Å². The molecule has 1 amide bonds. The van der Waals surface area contributed by atoms with Crippen LogP contribution in [0.5, 0.6) is 0 Å². The zero-order valence-corrected chi connectivity index (χ0v) is 14.6. The van der Waals surface area contributed by atoms with Crippen LogP contribution in [0.1, 0.15) is 37.7 Å². The van der Waals surface area contributed by atoms with Gasteiger partial charge in [0.15, 0.2) is 0 Å². The largest absolute Gasteiger partial charge is 0.378 e. The van der Waals surface area contributed by atoms with Crippen LogP contribution in [0.3, 0.4) is 0 Å². The van der Waals surface area contributed by atoms with E-state index in [2.05, 4.69) is 22.7 Å². The number of carbonyl (C=O) groups excluding carboxylic acids is 1. The maximum absolute atomic E-state index is 12.6. The minimum absolute atomic E-state index is 0. The molecule has 6 nitrogen and oxygen atoms in total. The second-order valence-electron chi connectivity index (χ2n) is 6.60. The summed E-state index contributed by atoms with van der Waals surface area (Å²) in [6.45, 7) is 4.50. The third-order valence-electron chi connectivity index (χ3n) is 4.73. The van der Waals surface area contributed by atoms with Gasteiger partial charge >= 0.3 is 0 Å². The number of hydrogen-bond donors (Lipinski definition) is 2. The summed E-state index contributed by atoms with van der Waals surface area (Å²) < 4.78 is 7.44. The zero-order valence-electron chi connectivity index (χ0n) is 13.8. The Morgan fingerprint density at radius 2 is 2.39 bits per heavy atom. The van der Waals surface area contributed by atoms with E-state index in [9.17, 15) is 4.79 Å². The Morgan fingerprint density at radius 3 is 3.04 bits per heavy atom. The molecule has 0 spiro atoms. The van der Waals surface area contributed by atoms with Crippen LogP contribution in [0, 0.1) is 5.92 Å². The Labute approximate surface area is 143 Å². The predicted molar refractivity (Wildman–Crippen MR) is 90.8 cm³/mol. The lowest BCUT2D eigenvalue weighted by Gasteiger charge is -2.22. The summed E-state index contributed by atoms with van der Waals surface area (Å²) >= 11 is 0. The van der Waals surface area contributed by atoms with Gasteiger partial charge in [0.25, 0.3) is 0 Å². The van der Waals surface area contributed by atoms with Gasteiger partial charge in [0.2, 0.25) is 5.91 Å². The highest BCUT2D eigenvalue weighted by Gasteiger charge is 2.35. The van der Waals surface area contributed by atoms with Crippen molar-refractivity contribution >= 4 is 18.3 Å². The molecule has 4 atom stereocenters. The van der Waals surface area contributed by atoms with E-state index in [4.69, 9.17) is 4.74 Å². The summed E-state index contributed by atoms with van der Waals surface area (Å²) in [4.78, 5) is 12.6. The van der Waals surface area contributed by atoms with Crippen molar-refractivity contribution in [3.05, 3.63) is 18.0 Å². The first-order chi connectivity index (χ1) is 10.6. The minimum atomic E-state index is -0.0175. The highest BCUT2D eigenvalue weighted by Crippen LogP contribution is 2.28. The molecule has 23 heavy (non-hydrogen) atoms. The van der Waals surface area contributed by atoms with E-state index >= 15 is 0 Å². The normalized spacial score (nSPS) is 28.3. The van der Waals surface area contributed by atoms with Gasteiger partial charge in [-0.3, -0.25) is 9.48 Å². The average molecular weight is 343 g/mol. The smallest absolute Gasteiger partial charge is 0.225 e. The Morgan fingerprint density at radius 1 is 1.57 bits per heavy atom.